The molecule has 6 heteroatoms. The van der Waals surface area contributed by atoms with Crippen LogP contribution in [-0.4, -0.2) is 37.6 Å². The van der Waals surface area contributed by atoms with Crippen molar-refractivity contribution in [2.75, 3.05) is 19.8 Å². The van der Waals surface area contributed by atoms with E-state index in [0.29, 0.717) is 11.5 Å². The van der Waals surface area contributed by atoms with Crippen molar-refractivity contribution < 1.29 is 23.8 Å². The van der Waals surface area contributed by atoms with Gasteiger partial charge in [0.05, 0.1) is 19.8 Å². The largest absolute Gasteiger partial charge is 0.465 e. The van der Waals surface area contributed by atoms with Gasteiger partial charge in [-0.1, -0.05) is 48.0 Å². The van der Waals surface area contributed by atoms with E-state index in [0.717, 1.165) is 11.1 Å². The van der Waals surface area contributed by atoms with Crippen molar-refractivity contribution in [2.24, 2.45) is 10.9 Å². The topological polar surface area (TPSA) is 74.2 Å². The molecule has 0 radical (unpaired) electrons. The Morgan fingerprint density at radius 2 is 1.59 bits per heavy atom. The second-order valence-corrected chi connectivity index (χ2v) is 6.78. The van der Waals surface area contributed by atoms with Crippen LogP contribution in [0.4, 0.5) is 0 Å². The summed E-state index contributed by atoms with van der Waals surface area (Å²) in [6, 6.07) is 16.9. The average Bonchev–Trinajstić information content (AvgIpc) is 3.16. The average molecular weight is 395 g/mol. The highest BCUT2D eigenvalue weighted by atomic mass is 16.6. The zero-order valence-corrected chi connectivity index (χ0v) is 16.9. The number of aryl methyl sites for hydroxylation is 1. The SMILES string of the molecule is CCOC(=O)C(C(=O)OCC)C1(c2ccc(C)cc2)CN=C(c2ccccc2)O1. The van der Waals surface area contributed by atoms with Crippen LogP contribution in [0.3, 0.4) is 0 Å². The minimum absolute atomic E-state index is 0.0998. The highest BCUT2D eigenvalue weighted by Crippen LogP contribution is 2.41. The molecule has 0 saturated carbocycles. The van der Waals surface area contributed by atoms with E-state index < -0.39 is 23.5 Å². The summed E-state index contributed by atoms with van der Waals surface area (Å²) < 4.78 is 16.8. The summed E-state index contributed by atoms with van der Waals surface area (Å²) in [4.78, 5) is 30.3. The first-order chi connectivity index (χ1) is 14.0. The highest BCUT2D eigenvalue weighted by Gasteiger charge is 2.56. The maximum Gasteiger partial charge on any atom is 0.324 e. The molecule has 1 heterocycles. The number of nitrogens with zero attached hydrogens (tertiary/aromatic N) is 1. The fourth-order valence-corrected chi connectivity index (χ4v) is 3.39. The van der Waals surface area contributed by atoms with Crippen LogP contribution in [0.2, 0.25) is 0 Å². The first kappa shape index (κ1) is 20.6. The van der Waals surface area contributed by atoms with Gasteiger partial charge >= 0.3 is 11.9 Å². The lowest BCUT2D eigenvalue weighted by Crippen LogP contribution is -2.48. The van der Waals surface area contributed by atoms with Crippen molar-refractivity contribution in [1.82, 2.24) is 0 Å². The molecule has 1 aliphatic heterocycles. The molecule has 0 amide bonds. The smallest absolute Gasteiger partial charge is 0.324 e. The molecule has 2 aromatic carbocycles. The molecule has 1 atom stereocenters. The third-order valence-corrected chi connectivity index (χ3v) is 4.81. The molecule has 0 spiro atoms. The minimum atomic E-state index is -1.34. The summed E-state index contributed by atoms with van der Waals surface area (Å²) in [6.07, 6.45) is 0. The molecular formula is C23H25NO5. The van der Waals surface area contributed by atoms with Gasteiger partial charge in [-0.05, 0) is 38.5 Å². The number of ether oxygens (including phenoxy) is 3. The van der Waals surface area contributed by atoms with Gasteiger partial charge in [-0.3, -0.25) is 9.59 Å². The molecule has 1 unspecified atom stereocenters. The van der Waals surface area contributed by atoms with Crippen molar-refractivity contribution in [3.05, 3.63) is 71.3 Å². The standard InChI is InChI=1S/C23H25NO5/c1-4-27-21(25)19(22(26)28-5-2)23(18-13-11-16(3)12-14-18)15-24-20(29-23)17-9-7-6-8-10-17/h6-14,19H,4-5,15H2,1-3H3. The summed E-state index contributed by atoms with van der Waals surface area (Å²) in [5.41, 5.74) is 1.16. The van der Waals surface area contributed by atoms with Crippen molar-refractivity contribution in [1.29, 1.82) is 0 Å². The lowest BCUT2D eigenvalue weighted by atomic mass is 9.80. The van der Waals surface area contributed by atoms with E-state index in [1.165, 1.54) is 0 Å². The van der Waals surface area contributed by atoms with E-state index in [4.69, 9.17) is 14.2 Å². The zero-order valence-electron chi connectivity index (χ0n) is 16.9. The van der Waals surface area contributed by atoms with Crippen LogP contribution in [0, 0.1) is 12.8 Å². The van der Waals surface area contributed by atoms with Crippen molar-refractivity contribution in [2.45, 2.75) is 26.4 Å². The van der Waals surface area contributed by atoms with Crippen LogP contribution in [0.25, 0.3) is 0 Å². The van der Waals surface area contributed by atoms with Crippen LogP contribution >= 0.6 is 0 Å². The van der Waals surface area contributed by atoms with Gasteiger partial charge in [-0.15, -0.1) is 0 Å². The number of hydrogen-bond acceptors (Lipinski definition) is 6. The predicted octanol–water partition coefficient (Wildman–Crippen LogP) is 3.41. The van der Waals surface area contributed by atoms with E-state index >= 15 is 0 Å². The van der Waals surface area contributed by atoms with Crippen LogP contribution in [0.5, 0.6) is 0 Å². The number of carbonyl (C=O) groups excluding carboxylic acids is 2. The molecule has 0 saturated heterocycles. The van der Waals surface area contributed by atoms with Crippen molar-refractivity contribution in [3.8, 4) is 0 Å². The Kier molecular flexibility index (Phi) is 6.32. The molecule has 1 aliphatic rings. The quantitative estimate of drug-likeness (QED) is 0.531. The Hall–Kier alpha value is -3.15. The summed E-state index contributed by atoms with van der Waals surface area (Å²) >= 11 is 0. The monoisotopic (exact) mass is 395 g/mol. The summed E-state index contributed by atoms with van der Waals surface area (Å²) in [6.45, 7) is 5.74. The minimum Gasteiger partial charge on any atom is -0.465 e. The van der Waals surface area contributed by atoms with Crippen LogP contribution < -0.4 is 0 Å². The molecule has 0 aromatic heterocycles. The number of benzene rings is 2. The van der Waals surface area contributed by atoms with Gasteiger partial charge in [-0.25, -0.2) is 4.99 Å². The van der Waals surface area contributed by atoms with Gasteiger partial charge < -0.3 is 14.2 Å². The third kappa shape index (κ3) is 4.16. The van der Waals surface area contributed by atoms with Crippen molar-refractivity contribution in [3.63, 3.8) is 0 Å². The van der Waals surface area contributed by atoms with Gasteiger partial charge in [0.15, 0.2) is 11.5 Å². The Bertz CT molecular complexity index is 873. The molecule has 0 fully saturated rings. The Balaban J connectivity index is 2.08. The molecule has 6 nitrogen and oxygen atoms in total. The van der Waals surface area contributed by atoms with E-state index in [9.17, 15) is 9.59 Å². The van der Waals surface area contributed by atoms with Crippen LogP contribution in [0.1, 0.15) is 30.5 Å². The van der Waals surface area contributed by atoms with E-state index in [1.54, 1.807) is 13.8 Å². The molecule has 0 N–H and O–H groups in total. The Labute approximate surface area is 170 Å². The lowest BCUT2D eigenvalue weighted by molar-refractivity contribution is -0.172. The summed E-state index contributed by atoms with van der Waals surface area (Å²) in [5, 5.41) is 0. The van der Waals surface area contributed by atoms with Gasteiger partial charge in [-0.2, -0.15) is 0 Å². The number of esters is 2. The number of carbonyl (C=O) groups is 2. The molecule has 0 bridgehead atoms. The lowest BCUT2D eigenvalue weighted by Gasteiger charge is -2.34. The molecule has 3 rings (SSSR count). The van der Waals surface area contributed by atoms with Crippen LogP contribution in [-0.2, 0) is 29.4 Å². The van der Waals surface area contributed by atoms with Crippen molar-refractivity contribution >= 4 is 17.8 Å². The zero-order chi connectivity index (χ0) is 20.9. The van der Waals surface area contributed by atoms with Crippen LogP contribution in [0.15, 0.2) is 59.6 Å². The molecule has 152 valence electrons. The van der Waals surface area contributed by atoms with Gasteiger partial charge in [0.2, 0.25) is 5.90 Å². The first-order valence-electron chi connectivity index (χ1n) is 9.71. The predicted molar refractivity (Wildman–Crippen MR) is 109 cm³/mol. The Morgan fingerprint density at radius 3 is 2.14 bits per heavy atom. The maximum atomic E-state index is 12.9. The Morgan fingerprint density at radius 1 is 1.00 bits per heavy atom. The fraction of sp³-hybridized carbons (Fsp3) is 0.348. The molecule has 0 aliphatic carbocycles. The first-order valence-corrected chi connectivity index (χ1v) is 9.71. The number of rotatable bonds is 7. The normalized spacial score (nSPS) is 18.1. The second-order valence-electron chi connectivity index (χ2n) is 6.78. The second kappa shape index (κ2) is 8.90. The molecule has 29 heavy (non-hydrogen) atoms. The van der Waals surface area contributed by atoms with E-state index in [1.807, 2.05) is 61.5 Å². The van der Waals surface area contributed by atoms with E-state index in [-0.39, 0.29) is 19.8 Å². The van der Waals surface area contributed by atoms with E-state index in [2.05, 4.69) is 4.99 Å². The number of hydrogen-bond donors (Lipinski definition) is 0. The van der Waals surface area contributed by atoms with Gasteiger partial charge in [0, 0.05) is 5.56 Å². The molecule has 2 aromatic rings. The number of aliphatic imine (C=N–C) groups is 1. The van der Waals surface area contributed by atoms with Gasteiger partial charge in [0.1, 0.15) is 0 Å². The summed E-state index contributed by atoms with van der Waals surface area (Å²) in [5.74, 6) is -2.29. The molecular weight excluding hydrogens is 370 g/mol. The fourth-order valence-electron chi connectivity index (χ4n) is 3.39. The maximum absolute atomic E-state index is 12.9. The van der Waals surface area contributed by atoms with Gasteiger partial charge in [0.25, 0.3) is 0 Å². The highest BCUT2D eigenvalue weighted by molar-refractivity contribution is 6.00. The summed E-state index contributed by atoms with van der Waals surface area (Å²) in [7, 11) is 0. The third-order valence-electron chi connectivity index (χ3n) is 4.81.